The normalized spacial score (nSPS) is 16.7. The molecular weight excluding hydrogens is 421 g/mol. The summed E-state index contributed by atoms with van der Waals surface area (Å²) >= 11 is 0. The minimum Gasteiger partial charge on any atom is -0.378 e. The van der Waals surface area contributed by atoms with Gasteiger partial charge in [0.2, 0.25) is 5.91 Å². The molecule has 0 saturated carbocycles. The number of halogens is 1. The van der Waals surface area contributed by atoms with Gasteiger partial charge in [0.1, 0.15) is 5.82 Å². The van der Waals surface area contributed by atoms with Gasteiger partial charge in [0.05, 0.1) is 25.2 Å². The number of fused-ring (bicyclic) bond motifs is 1. The van der Waals surface area contributed by atoms with Crippen molar-refractivity contribution < 1.29 is 18.7 Å². The summed E-state index contributed by atoms with van der Waals surface area (Å²) in [5.74, 6) is -0.531. The molecule has 3 heterocycles. The molecule has 2 amide bonds. The summed E-state index contributed by atoms with van der Waals surface area (Å²) in [6.45, 7) is 4.20. The molecule has 6 nitrogen and oxygen atoms in total. The van der Waals surface area contributed by atoms with Gasteiger partial charge < -0.3 is 19.9 Å². The van der Waals surface area contributed by atoms with Gasteiger partial charge in [-0.1, -0.05) is 24.3 Å². The first kappa shape index (κ1) is 21.2. The van der Waals surface area contributed by atoms with E-state index in [0.29, 0.717) is 43.1 Å². The lowest BCUT2D eigenvalue weighted by atomic mass is 9.94. The molecule has 5 rings (SSSR count). The van der Waals surface area contributed by atoms with Gasteiger partial charge in [0, 0.05) is 35.7 Å². The van der Waals surface area contributed by atoms with Crippen molar-refractivity contribution in [3.8, 4) is 11.1 Å². The fourth-order valence-corrected chi connectivity index (χ4v) is 4.46. The van der Waals surface area contributed by atoms with E-state index in [9.17, 15) is 14.0 Å². The van der Waals surface area contributed by atoms with Crippen LogP contribution in [-0.4, -0.2) is 48.0 Å². The average Bonchev–Trinajstić information content (AvgIpc) is 3.32. The van der Waals surface area contributed by atoms with E-state index < -0.39 is 0 Å². The van der Waals surface area contributed by atoms with E-state index in [1.54, 1.807) is 12.1 Å². The Hall–Kier alpha value is -3.71. The maximum atomic E-state index is 13.9. The van der Waals surface area contributed by atoms with Gasteiger partial charge in [-0.2, -0.15) is 0 Å². The monoisotopic (exact) mass is 445 g/mol. The van der Waals surface area contributed by atoms with Gasteiger partial charge in [-0.05, 0) is 54.0 Å². The molecule has 0 atom stereocenters. The van der Waals surface area contributed by atoms with Crippen LogP contribution in [0.25, 0.3) is 22.8 Å². The highest BCUT2D eigenvalue weighted by Crippen LogP contribution is 2.40. The Kier molecular flexibility index (Phi) is 5.56. The molecule has 33 heavy (non-hydrogen) atoms. The number of aromatic amines is 1. The minimum absolute atomic E-state index is 0.0358. The van der Waals surface area contributed by atoms with Crippen LogP contribution in [0, 0.1) is 12.7 Å². The number of carbonyl (C=O) groups is 2. The van der Waals surface area contributed by atoms with Crippen molar-refractivity contribution in [2.45, 2.75) is 13.3 Å². The number of rotatable bonds is 4. The van der Waals surface area contributed by atoms with Crippen molar-refractivity contribution in [3.05, 3.63) is 76.9 Å². The maximum Gasteiger partial charge on any atom is 0.256 e. The van der Waals surface area contributed by atoms with Crippen LogP contribution >= 0.6 is 0 Å². The number of ether oxygens (including phenoxy) is 1. The number of benzene rings is 2. The second kappa shape index (κ2) is 8.67. The number of H-pyrrole nitrogens is 1. The zero-order valence-corrected chi connectivity index (χ0v) is 18.3. The zero-order valence-electron chi connectivity index (χ0n) is 18.3. The molecular formula is C26H24FN3O3. The zero-order chi connectivity index (χ0) is 22.9. The summed E-state index contributed by atoms with van der Waals surface area (Å²) < 4.78 is 19.2. The number of nitrogens with one attached hydrogen (secondary N) is 2. The molecule has 3 aromatic rings. The van der Waals surface area contributed by atoms with Gasteiger partial charge in [0.15, 0.2) is 0 Å². The Labute approximate surface area is 191 Å². The first-order valence-corrected chi connectivity index (χ1v) is 11.0. The van der Waals surface area contributed by atoms with Crippen LogP contribution < -0.4 is 5.32 Å². The number of hydrogen-bond acceptors (Lipinski definition) is 3. The lowest BCUT2D eigenvalue weighted by Crippen LogP contribution is -2.41. The van der Waals surface area contributed by atoms with E-state index in [2.05, 4.69) is 10.3 Å². The quantitative estimate of drug-likeness (QED) is 0.596. The van der Waals surface area contributed by atoms with Crippen LogP contribution in [0.2, 0.25) is 0 Å². The smallest absolute Gasteiger partial charge is 0.256 e. The summed E-state index contributed by atoms with van der Waals surface area (Å²) in [5, 5.41) is 2.91. The Morgan fingerprint density at radius 1 is 1.15 bits per heavy atom. The SMILES string of the molecule is Cc1cc(CC(=O)N2CCOCC2)c(C=C2C(=O)Nc3cccc(-c4cccc(F)c4)c32)[nH]1. The highest BCUT2D eigenvalue weighted by atomic mass is 19.1. The minimum atomic E-state index is -0.336. The van der Waals surface area contributed by atoms with Gasteiger partial charge in [-0.15, -0.1) is 0 Å². The Morgan fingerprint density at radius 2 is 1.94 bits per heavy atom. The topological polar surface area (TPSA) is 74.4 Å². The lowest BCUT2D eigenvalue weighted by molar-refractivity contribution is -0.134. The molecule has 1 fully saturated rings. The fourth-order valence-electron chi connectivity index (χ4n) is 4.46. The predicted molar refractivity (Wildman–Crippen MR) is 125 cm³/mol. The number of aromatic nitrogens is 1. The van der Waals surface area contributed by atoms with E-state index in [4.69, 9.17) is 4.74 Å². The van der Waals surface area contributed by atoms with Crippen LogP contribution in [0.1, 0.15) is 22.5 Å². The van der Waals surface area contributed by atoms with E-state index in [1.165, 1.54) is 12.1 Å². The number of carbonyl (C=O) groups excluding carboxylic acids is 2. The number of morpholine rings is 1. The molecule has 1 saturated heterocycles. The summed E-state index contributed by atoms with van der Waals surface area (Å²) in [5.41, 5.74) is 5.82. The van der Waals surface area contributed by atoms with Gasteiger partial charge in [-0.3, -0.25) is 9.59 Å². The van der Waals surface area contributed by atoms with E-state index in [-0.39, 0.29) is 24.1 Å². The molecule has 0 radical (unpaired) electrons. The van der Waals surface area contributed by atoms with Gasteiger partial charge in [0.25, 0.3) is 5.91 Å². The summed E-state index contributed by atoms with van der Waals surface area (Å²) in [6.07, 6.45) is 2.03. The summed E-state index contributed by atoms with van der Waals surface area (Å²) in [4.78, 5) is 30.8. The van der Waals surface area contributed by atoms with E-state index in [1.807, 2.05) is 42.2 Å². The Bertz CT molecular complexity index is 1270. The van der Waals surface area contributed by atoms with E-state index in [0.717, 1.165) is 28.1 Å². The number of hydrogen-bond donors (Lipinski definition) is 2. The Balaban J connectivity index is 1.53. The van der Waals surface area contributed by atoms with Crippen LogP contribution in [0.4, 0.5) is 10.1 Å². The van der Waals surface area contributed by atoms with Crippen LogP contribution in [-0.2, 0) is 20.7 Å². The average molecular weight is 445 g/mol. The van der Waals surface area contributed by atoms with Crippen LogP contribution in [0.5, 0.6) is 0 Å². The molecule has 2 N–H and O–H groups in total. The van der Waals surface area contributed by atoms with Crippen molar-refractivity contribution in [3.63, 3.8) is 0 Å². The van der Waals surface area contributed by atoms with Crippen molar-refractivity contribution in [2.24, 2.45) is 0 Å². The third-order valence-electron chi connectivity index (χ3n) is 6.02. The molecule has 0 bridgehead atoms. The molecule has 2 aliphatic heterocycles. The molecule has 168 valence electrons. The highest BCUT2D eigenvalue weighted by molar-refractivity contribution is 6.36. The summed E-state index contributed by atoms with van der Waals surface area (Å²) in [7, 11) is 0. The second-order valence-corrected chi connectivity index (χ2v) is 8.31. The van der Waals surface area contributed by atoms with Crippen molar-refractivity contribution in [2.75, 3.05) is 31.6 Å². The van der Waals surface area contributed by atoms with Gasteiger partial charge >= 0.3 is 0 Å². The van der Waals surface area contributed by atoms with Crippen molar-refractivity contribution >= 4 is 29.2 Å². The number of aryl methyl sites for hydroxylation is 1. The number of anilines is 1. The molecule has 0 aliphatic carbocycles. The van der Waals surface area contributed by atoms with Crippen LogP contribution in [0.15, 0.2) is 48.5 Å². The Morgan fingerprint density at radius 3 is 2.73 bits per heavy atom. The second-order valence-electron chi connectivity index (χ2n) is 8.31. The lowest BCUT2D eigenvalue weighted by Gasteiger charge is -2.26. The van der Waals surface area contributed by atoms with Crippen molar-refractivity contribution in [1.82, 2.24) is 9.88 Å². The molecule has 1 aromatic heterocycles. The van der Waals surface area contributed by atoms with Crippen molar-refractivity contribution in [1.29, 1.82) is 0 Å². The van der Waals surface area contributed by atoms with Gasteiger partial charge in [-0.25, -0.2) is 4.39 Å². The standard InChI is InChI=1S/C26H24FN3O3/c1-16-12-18(14-24(31)30-8-10-33-11-9-30)23(28-16)15-21-25-20(17-4-2-5-19(27)13-17)6-3-7-22(25)29-26(21)32/h2-7,12-13,15,28H,8-11,14H2,1H3,(H,29,32). The first-order chi connectivity index (χ1) is 16.0. The third-order valence-corrected chi connectivity index (χ3v) is 6.02. The third kappa shape index (κ3) is 4.19. The first-order valence-electron chi connectivity index (χ1n) is 11.0. The molecule has 7 heteroatoms. The number of nitrogens with zero attached hydrogens (tertiary/aromatic N) is 1. The summed E-state index contributed by atoms with van der Waals surface area (Å²) in [6, 6.07) is 13.8. The largest absolute Gasteiger partial charge is 0.378 e. The highest BCUT2D eigenvalue weighted by Gasteiger charge is 2.28. The maximum absolute atomic E-state index is 13.9. The van der Waals surface area contributed by atoms with E-state index >= 15 is 0 Å². The predicted octanol–water partition coefficient (Wildman–Crippen LogP) is 4.02. The molecule has 2 aliphatic rings. The fraction of sp³-hybridized carbons (Fsp3) is 0.231. The molecule has 0 unspecified atom stereocenters. The van der Waals surface area contributed by atoms with Crippen LogP contribution in [0.3, 0.4) is 0 Å². The molecule has 2 aromatic carbocycles. The number of amides is 2. The molecule has 0 spiro atoms.